The van der Waals surface area contributed by atoms with Crippen molar-refractivity contribution in [3.63, 3.8) is 0 Å². The third-order valence-corrected chi connectivity index (χ3v) is 3.36. The molecule has 23 heavy (non-hydrogen) atoms. The van der Waals surface area contributed by atoms with E-state index in [9.17, 15) is 9.59 Å². The normalized spacial score (nSPS) is 9.35. The summed E-state index contributed by atoms with van der Waals surface area (Å²) in [5.41, 5.74) is 1.54. The van der Waals surface area contributed by atoms with Crippen molar-refractivity contribution in [2.45, 2.75) is 58.3 Å². The number of hydrogen-bond acceptors (Lipinski definition) is 2. The van der Waals surface area contributed by atoms with Crippen LogP contribution in [0.15, 0.2) is 24.3 Å². The number of benzene rings is 1. The van der Waals surface area contributed by atoms with Gasteiger partial charge in [-0.1, -0.05) is 0 Å². The molecule has 120 valence electrons. The number of carboxylic acids is 2. The molecular weight excluding hydrogens is 298 g/mol. The molecule has 0 bridgehead atoms. The Morgan fingerprint density at radius 1 is 0.957 bits per heavy atom. The van der Waals surface area contributed by atoms with Gasteiger partial charge in [0.1, 0.15) is 6.42 Å². The molecule has 0 aromatic heterocycles. The van der Waals surface area contributed by atoms with Crippen molar-refractivity contribution in [3.05, 3.63) is 29.8 Å². The molecule has 0 spiro atoms. The van der Waals surface area contributed by atoms with Crippen molar-refractivity contribution in [1.82, 2.24) is 0 Å². The van der Waals surface area contributed by atoms with Crippen molar-refractivity contribution in [2.75, 3.05) is 0 Å². The molecule has 0 heterocycles. The number of carbonyl (C=O) groups is 2. The van der Waals surface area contributed by atoms with Gasteiger partial charge in [0.15, 0.2) is 0 Å². The van der Waals surface area contributed by atoms with Crippen LogP contribution < -0.4 is 4.24 Å². The van der Waals surface area contributed by atoms with Crippen LogP contribution in [0.1, 0.15) is 57.4 Å². The maximum absolute atomic E-state index is 9.43. The van der Waals surface area contributed by atoms with Crippen LogP contribution in [0.2, 0.25) is 0 Å². The van der Waals surface area contributed by atoms with Crippen LogP contribution in [0.25, 0.3) is 0 Å². The zero-order valence-electron chi connectivity index (χ0n) is 13.7. The van der Waals surface area contributed by atoms with Gasteiger partial charge in [-0.3, -0.25) is 9.59 Å². The Hall–Kier alpha value is -0.243. The minimum absolute atomic E-state index is 0. The Morgan fingerprint density at radius 2 is 1.48 bits per heavy atom. The minimum atomic E-state index is -1.31. The first kappa shape index (κ1) is 25.0. The predicted octanol–water partition coefficient (Wildman–Crippen LogP) is 2.28. The number of rotatable bonds is 9. The molecule has 1 aromatic rings. The van der Waals surface area contributed by atoms with Crippen molar-refractivity contribution in [2.24, 2.45) is 0 Å². The van der Waals surface area contributed by atoms with Gasteiger partial charge < -0.3 is 10.2 Å². The van der Waals surface area contributed by atoms with Crippen LogP contribution in [0, 0.1) is 0 Å². The Kier molecular flexibility index (Phi) is 18.1. The molecule has 0 aliphatic heterocycles. The maximum atomic E-state index is 9.43. The van der Waals surface area contributed by atoms with Gasteiger partial charge >= 0.3 is 145 Å². The summed E-state index contributed by atoms with van der Waals surface area (Å²) in [6.07, 6.45) is 8.80. The molecule has 0 aliphatic carbocycles. The molecule has 0 aliphatic rings. The van der Waals surface area contributed by atoms with E-state index in [1.165, 1.54) is 54.7 Å². The van der Waals surface area contributed by atoms with E-state index in [2.05, 4.69) is 48.9 Å². The summed E-state index contributed by atoms with van der Waals surface area (Å²) in [4.78, 5) is 18.9. The van der Waals surface area contributed by atoms with Gasteiger partial charge in [-0.15, -0.1) is 0 Å². The van der Waals surface area contributed by atoms with E-state index < -0.39 is 18.4 Å². The Bertz CT molecular complexity index is 440. The van der Waals surface area contributed by atoms with E-state index in [0.717, 1.165) is 0 Å². The SMILES string of the molecule is O=C(O)CC(=O)O.[Li][c]1ccccc1CCCCCCCC.[NaH]. The van der Waals surface area contributed by atoms with Crippen molar-refractivity contribution < 1.29 is 19.8 Å². The van der Waals surface area contributed by atoms with Crippen LogP contribution >= 0.6 is 0 Å². The predicted molar refractivity (Wildman–Crippen MR) is 95.9 cm³/mol. The van der Waals surface area contributed by atoms with E-state index in [1.54, 1.807) is 0 Å². The second-order valence-electron chi connectivity index (χ2n) is 5.41. The average molecular weight is 324 g/mol. The second kappa shape index (κ2) is 16.6. The molecule has 2 N–H and O–H groups in total. The van der Waals surface area contributed by atoms with E-state index in [4.69, 9.17) is 10.2 Å². The number of aryl methyl sites for hydroxylation is 1. The van der Waals surface area contributed by atoms with Gasteiger partial charge in [-0.05, 0) is 0 Å². The van der Waals surface area contributed by atoms with Gasteiger partial charge in [0.25, 0.3) is 0 Å². The fraction of sp³-hybridized carbons (Fsp3) is 0.529. The summed E-state index contributed by atoms with van der Waals surface area (Å²) in [5, 5.41) is 15.4. The molecule has 1 aromatic carbocycles. The summed E-state index contributed by atoms with van der Waals surface area (Å²) < 4.78 is 1.45. The monoisotopic (exact) mass is 324 g/mol. The molecule has 6 heteroatoms. The Morgan fingerprint density at radius 3 is 1.96 bits per heavy atom. The van der Waals surface area contributed by atoms with Crippen molar-refractivity contribution in [3.8, 4) is 0 Å². The molecule has 0 saturated heterocycles. The van der Waals surface area contributed by atoms with Crippen molar-refractivity contribution in [1.29, 1.82) is 0 Å². The Balaban J connectivity index is 0. The average Bonchev–Trinajstić information content (AvgIpc) is 2.43. The summed E-state index contributed by atoms with van der Waals surface area (Å²) in [6, 6.07) is 8.76. The van der Waals surface area contributed by atoms with Gasteiger partial charge in [0.2, 0.25) is 0 Å². The van der Waals surface area contributed by atoms with Gasteiger partial charge in [0.05, 0.1) is 0 Å². The fourth-order valence-electron chi connectivity index (χ4n) is 2.12. The van der Waals surface area contributed by atoms with E-state index in [0.29, 0.717) is 0 Å². The van der Waals surface area contributed by atoms with Crippen LogP contribution in [0.3, 0.4) is 0 Å². The van der Waals surface area contributed by atoms with E-state index in [-0.39, 0.29) is 29.6 Å². The number of carboxylic acid groups (broad SMARTS) is 2. The number of unbranched alkanes of at least 4 members (excludes halogenated alkanes) is 5. The number of hydrogen-bond donors (Lipinski definition) is 2. The van der Waals surface area contributed by atoms with Gasteiger partial charge in [0, 0.05) is 0 Å². The van der Waals surface area contributed by atoms with Gasteiger partial charge in [-0.25, -0.2) is 0 Å². The van der Waals surface area contributed by atoms with E-state index in [1.807, 2.05) is 0 Å². The first-order valence-electron chi connectivity index (χ1n) is 7.95. The molecule has 0 fully saturated rings. The van der Waals surface area contributed by atoms with Crippen LogP contribution in [0.5, 0.6) is 0 Å². The quantitative estimate of drug-likeness (QED) is 0.415. The Labute approximate surface area is 170 Å². The van der Waals surface area contributed by atoms with Crippen LogP contribution in [-0.4, -0.2) is 69.4 Å². The molecule has 4 nitrogen and oxygen atoms in total. The summed E-state index contributed by atoms with van der Waals surface area (Å²) in [5.74, 6) is -2.62. The molecular formula is C17H26LiNaO4. The second-order valence-corrected chi connectivity index (χ2v) is 5.41. The molecule has 0 saturated carbocycles. The topological polar surface area (TPSA) is 74.6 Å². The molecule has 0 unspecified atom stereocenters. The zero-order chi connectivity index (χ0) is 16.8. The summed E-state index contributed by atoms with van der Waals surface area (Å²) in [7, 11) is 0. The third kappa shape index (κ3) is 16.4. The zero-order valence-corrected chi connectivity index (χ0v) is 13.7. The third-order valence-electron chi connectivity index (χ3n) is 3.36. The first-order valence-corrected chi connectivity index (χ1v) is 7.95. The fourth-order valence-corrected chi connectivity index (χ4v) is 2.12. The summed E-state index contributed by atoms with van der Waals surface area (Å²) >= 11 is 2.21. The van der Waals surface area contributed by atoms with Crippen LogP contribution in [-0.2, 0) is 16.0 Å². The standard InChI is InChI=1S/C14H21.C3H4O4.Li.Na.H/c1-2-3-4-5-6-8-11-14-12-9-7-10-13-14;4-2(5)1-3(6)7;;;/h7,9-10,12H,2-6,8,11H2,1H3;1H2,(H,4,5)(H,6,7);;;. The summed E-state index contributed by atoms with van der Waals surface area (Å²) in [6.45, 7) is 2.27. The molecule has 0 radical (unpaired) electrons. The molecule has 0 amide bonds. The first-order chi connectivity index (χ1) is 10.5. The molecule has 1 rings (SSSR count). The molecule has 0 atom stereocenters. The van der Waals surface area contributed by atoms with Gasteiger partial charge in [-0.2, -0.15) is 0 Å². The van der Waals surface area contributed by atoms with E-state index >= 15 is 0 Å². The van der Waals surface area contributed by atoms with Crippen molar-refractivity contribution >= 4 is 63.4 Å². The number of aliphatic carboxylic acids is 2. The van der Waals surface area contributed by atoms with Crippen LogP contribution in [0.4, 0.5) is 0 Å².